The van der Waals surface area contributed by atoms with Crippen LogP contribution in [-0.2, 0) is 0 Å². The Balaban J connectivity index is 2.25. The van der Waals surface area contributed by atoms with E-state index in [0.717, 1.165) is 11.3 Å². The van der Waals surface area contributed by atoms with E-state index in [4.69, 9.17) is 5.11 Å². The molecule has 1 N–H and O–H groups in total. The van der Waals surface area contributed by atoms with Crippen molar-refractivity contribution in [1.29, 1.82) is 0 Å². The number of amides is 1. The summed E-state index contributed by atoms with van der Waals surface area (Å²) in [7, 11) is 1.47. The molecule has 0 aliphatic heterocycles. The Morgan fingerprint density at radius 2 is 2.16 bits per heavy atom. The highest BCUT2D eigenvalue weighted by molar-refractivity contribution is 7.12. The van der Waals surface area contributed by atoms with E-state index in [1.165, 1.54) is 35.5 Å². The van der Waals surface area contributed by atoms with Crippen molar-refractivity contribution < 1.29 is 19.1 Å². The standard InChI is InChI=1S/C12H9FN2O3S/c1-15(8-4-2-3-7(13)5-8)11(16)10-14-9(6-19-10)12(17)18/h2-6H,1H3,(H,17,18). The lowest BCUT2D eigenvalue weighted by molar-refractivity contribution is 0.0691. The minimum atomic E-state index is -1.19. The molecule has 98 valence electrons. The smallest absolute Gasteiger partial charge is 0.355 e. The van der Waals surface area contributed by atoms with Crippen molar-refractivity contribution in [3.05, 3.63) is 46.2 Å². The fraction of sp³-hybridized carbons (Fsp3) is 0.0833. The van der Waals surface area contributed by atoms with Crippen LogP contribution in [0, 0.1) is 5.82 Å². The average molecular weight is 280 g/mol. The van der Waals surface area contributed by atoms with Crippen LogP contribution in [0.1, 0.15) is 20.3 Å². The third kappa shape index (κ3) is 2.76. The van der Waals surface area contributed by atoms with Crippen LogP contribution in [0.2, 0.25) is 0 Å². The lowest BCUT2D eigenvalue weighted by Crippen LogP contribution is -2.26. The Hall–Kier alpha value is -2.28. The van der Waals surface area contributed by atoms with Gasteiger partial charge in [0.15, 0.2) is 10.7 Å². The molecule has 1 aromatic carbocycles. The van der Waals surface area contributed by atoms with Gasteiger partial charge in [-0.1, -0.05) is 6.07 Å². The van der Waals surface area contributed by atoms with E-state index in [2.05, 4.69) is 4.98 Å². The van der Waals surface area contributed by atoms with Crippen molar-refractivity contribution in [1.82, 2.24) is 4.98 Å². The van der Waals surface area contributed by atoms with Gasteiger partial charge in [-0.3, -0.25) is 4.79 Å². The summed E-state index contributed by atoms with van der Waals surface area (Å²) in [5.74, 6) is -2.13. The number of carboxylic acids is 1. The second-order valence-corrected chi connectivity index (χ2v) is 4.55. The van der Waals surface area contributed by atoms with Crippen molar-refractivity contribution in [2.45, 2.75) is 0 Å². The molecule has 2 rings (SSSR count). The number of anilines is 1. The molecule has 0 saturated heterocycles. The lowest BCUT2D eigenvalue weighted by atomic mass is 10.3. The minimum absolute atomic E-state index is 0.0455. The van der Waals surface area contributed by atoms with E-state index < -0.39 is 17.7 Å². The van der Waals surface area contributed by atoms with Crippen LogP contribution in [-0.4, -0.2) is 29.0 Å². The number of hydrogen-bond donors (Lipinski definition) is 1. The van der Waals surface area contributed by atoms with Crippen LogP contribution in [0.15, 0.2) is 29.6 Å². The first kappa shape index (κ1) is 13.2. The van der Waals surface area contributed by atoms with E-state index >= 15 is 0 Å². The first-order chi connectivity index (χ1) is 8.99. The van der Waals surface area contributed by atoms with Gasteiger partial charge in [-0.2, -0.15) is 0 Å². The third-order valence-corrected chi connectivity index (χ3v) is 3.24. The molecular weight excluding hydrogens is 271 g/mol. The Morgan fingerprint density at radius 3 is 2.74 bits per heavy atom. The Kier molecular flexibility index (Phi) is 3.57. The molecule has 1 aromatic heterocycles. The highest BCUT2D eigenvalue weighted by Gasteiger charge is 2.19. The summed E-state index contributed by atoms with van der Waals surface area (Å²) < 4.78 is 13.1. The summed E-state index contributed by atoms with van der Waals surface area (Å²) in [4.78, 5) is 27.7. The van der Waals surface area contributed by atoms with Crippen molar-refractivity contribution >= 4 is 28.9 Å². The van der Waals surface area contributed by atoms with E-state index in [0.29, 0.717) is 5.69 Å². The third-order valence-electron chi connectivity index (χ3n) is 2.41. The van der Waals surface area contributed by atoms with Crippen molar-refractivity contribution in [2.75, 3.05) is 11.9 Å². The molecule has 0 radical (unpaired) electrons. The van der Waals surface area contributed by atoms with Gasteiger partial charge in [-0.15, -0.1) is 11.3 Å². The van der Waals surface area contributed by atoms with Crippen molar-refractivity contribution in [3.63, 3.8) is 0 Å². The van der Waals surface area contributed by atoms with E-state index in [1.54, 1.807) is 6.07 Å². The van der Waals surface area contributed by atoms with Crippen LogP contribution in [0.4, 0.5) is 10.1 Å². The Bertz CT molecular complexity index is 641. The van der Waals surface area contributed by atoms with Crippen LogP contribution in [0.3, 0.4) is 0 Å². The van der Waals surface area contributed by atoms with E-state index in [-0.39, 0.29) is 10.7 Å². The number of aromatic carboxylic acids is 1. The minimum Gasteiger partial charge on any atom is -0.476 e. The maximum atomic E-state index is 13.1. The first-order valence-corrected chi connectivity index (χ1v) is 6.09. The summed E-state index contributed by atoms with van der Waals surface area (Å²) in [5, 5.41) is 10.1. The number of aromatic nitrogens is 1. The molecule has 7 heteroatoms. The number of rotatable bonds is 3. The quantitative estimate of drug-likeness (QED) is 0.936. The number of carbonyl (C=O) groups is 2. The molecule has 0 atom stereocenters. The SMILES string of the molecule is CN(C(=O)c1nc(C(=O)O)cs1)c1cccc(F)c1. The summed E-state index contributed by atoms with van der Waals surface area (Å²) >= 11 is 0.936. The average Bonchev–Trinajstić information content (AvgIpc) is 2.86. The molecule has 0 unspecified atom stereocenters. The van der Waals surface area contributed by atoms with Gasteiger partial charge in [0.05, 0.1) is 0 Å². The lowest BCUT2D eigenvalue weighted by Gasteiger charge is -2.15. The molecule has 1 amide bonds. The fourth-order valence-electron chi connectivity index (χ4n) is 1.42. The first-order valence-electron chi connectivity index (χ1n) is 5.21. The second-order valence-electron chi connectivity index (χ2n) is 3.69. The number of benzene rings is 1. The molecule has 0 saturated carbocycles. The summed E-state index contributed by atoms with van der Waals surface area (Å²) in [6.07, 6.45) is 0. The predicted molar refractivity (Wildman–Crippen MR) is 68.2 cm³/mol. The van der Waals surface area contributed by atoms with Crippen molar-refractivity contribution in [3.8, 4) is 0 Å². The summed E-state index contributed by atoms with van der Waals surface area (Å²) in [6.45, 7) is 0. The number of thiazole rings is 1. The normalized spacial score (nSPS) is 10.2. The number of halogens is 1. The van der Waals surface area contributed by atoms with Gasteiger partial charge in [0, 0.05) is 18.1 Å². The summed E-state index contributed by atoms with van der Waals surface area (Å²) in [6, 6.07) is 5.54. The second kappa shape index (κ2) is 5.15. The molecule has 0 bridgehead atoms. The predicted octanol–water partition coefficient (Wildman–Crippen LogP) is 2.26. The van der Waals surface area contributed by atoms with Crippen molar-refractivity contribution in [2.24, 2.45) is 0 Å². The van der Waals surface area contributed by atoms with Gasteiger partial charge in [-0.25, -0.2) is 14.2 Å². The van der Waals surface area contributed by atoms with Crippen LogP contribution in [0.25, 0.3) is 0 Å². The van der Waals surface area contributed by atoms with Gasteiger partial charge in [-0.05, 0) is 18.2 Å². The molecule has 0 spiro atoms. The number of carboxylic acid groups (broad SMARTS) is 1. The van der Waals surface area contributed by atoms with Crippen LogP contribution >= 0.6 is 11.3 Å². The van der Waals surface area contributed by atoms with Gasteiger partial charge in [0.1, 0.15) is 5.82 Å². The van der Waals surface area contributed by atoms with E-state index in [9.17, 15) is 14.0 Å². The molecule has 2 aromatic rings. The number of carbonyl (C=O) groups excluding carboxylic acids is 1. The molecule has 5 nitrogen and oxygen atoms in total. The summed E-state index contributed by atoms with van der Waals surface area (Å²) in [5.41, 5.74) is 0.193. The monoisotopic (exact) mass is 280 g/mol. The van der Waals surface area contributed by atoms with Crippen LogP contribution < -0.4 is 4.90 Å². The van der Waals surface area contributed by atoms with Crippen LogP contribution in [0.5, 0.6) is 0 Å². The zero-order chi connectivity index (χ0) is 14.0. The zero-order valence-corrected chi connectivity index (χ0v) is 10.6. The molecule has 0 aliphatic carbocycles. The van der Waals surface area contributed by atoms with Gasteiger partial charge < -0.3 is 10.0 Å². The molecule has 0 fully saturated rings. The maximum Gasteiger partial charge on any atom is 0.355 e. The zero-order valence-electron chi connectivity index (χ0n) is 9.83. The highest BCUT2D eigenvalue weighted by Crippen LogP contribution is 2.18. The van der Waals surface area contributed by atoms with Gasteiger partial charge in [0.25, 0.3) is 5.91 Å². The Labute approximate surface area is 111 Å². The fourth-order valence-corrected chi connectivity index (χ4v) is 2.18. The maximum absolute atomic E-state index is 13.1. The Morgan fingerprint density at radius 1 is 1.42 bits per heavy atom. The number of hydrogen-bond acceptors (Lipinski definition) is 4. The van der Waals surface area contributed by atoms with Gasteiger partial charge >= 0.3 is 5.97 Å². The molecule has 19 heavy (non-hydrogen) atoms. The topological polar surface area (TPSA) is 70.5 Å². The number of nitrogens with zero attached hydrogens (tertiary/aromatic N) is 2. The molecule has 0 aliphatic rings. The highest BCUT2D eigenvalue weighted by atomic mass is 32.1. The van der Waals surface area contributed by atoms with E-state index in [1.807, 2.05) is 0 Å². The molecular formula is C12H9FN2O3S. The van der Waals surface area contributed by atoms with Gasteiger partial charge in [0.2, 0.25) is 0 Å². The molecule has 1 heterocycles. The largest absolute Gasteiger partial charge is 0.476 e.